The summed E-state index contributed by atoms with van der Waals surface area (Å²) in [5.74, 6) is -1.08. The molecular weight excluding hydrogens is 258 g/mol. The molecule has 0 aliphatic heterocycles. The summed E-state index contributed by atoms with van der Waals surface area (Å²) in [6.45, 7) is 3.86. The monoisotopic (exact) mass is 275 g/mol. The molecule has 1 aromatic carbocycles. The van der Waals surface area contributed by atoms with E-state index in [-0.39, 0.29) is 11.7 Å². The van der Waals surface area contributed by atoms with E-state index in [0.29, 0.717) is 11.3 Å². The van der Waals surface area contributed by atoms with Gasteiger partial charge in [-0.3, -0.25) is 13.9 Å². The number of carboxylic acid groups (broad SMARTS) is 1. The number of carboxylic acids is 1. The third-order valence-electron chi connectivity index (χ3n) is 3.16. The van der Waals surface area contributed by atoms with Crippen molar-refractivity contribution in [3.63, 3.8) is 0 Å². The van der Waals surface area contributed by atoms with Crippen LogP contribution in [0.25, 0.3) is 5.69 Å². The molecule has 2 aromatic rings. The molecule has 106 valence electrons. The van der Waals surface area contributed by atoms with E-state index in [0.717, 1.165) is 0 Å². The number of aliphatic carboxylic acids is 1. The van der Waals surface area contributed by atoms with Crippen LogP contribution in [-0.4, -0.2) is 20.2 Å². The van der Waals surface area contributed by atoms with Gasteiger partial charge >= 0.3 is 11.7 Å². The molecule has 0 aliphatic carbocycles. The number of hydrogen-bond donors (Lipinski definition) is 2. The molecule has 0 aliphatic rings. The number of aromatic nitrogens is 2. The van der Waals surface area contributed by atoms with Crippen LogP contribution in [0.1, 0.15) is 31.5 Å². The molecule has 20 heavy (non-hydrogen) atoms. The third kappa shape index (κ3) is 2.50. The van der Waals surface area contributed by atoms with Gasteiger partial charge in [0.1, 0.15) is 6.04 Å². The average Bonchev–Trinajstić information content (AvgIpc) is 2.80. The van der Waals surface area contributed by atoms with Crippen molar-refractivity contribution in [3.8, 4) is 5.69 Å². The molecule has 6 heteroatoms. The van der Waals surface area contributed by atoms with Crippen molar-refractivity contribution in [2.45, 2.75) is 25.9 Å². The van der Waals surface area contributed by atoms with E-state index in [1.54, 1.807) is 41.2 Å². The summed E-state index contributed by atoms with van der Waals surface area (Å²) >= 11 is 0. The zero-order valence-corrected chi connectivity index (χ0v) is 11.4. The summed E-state index contributed by atoms with van der Waals surface area (Å²) in [5, 5.41) is 8.85. The first-order valence-electron chi connectivity index (χ1n) is 6.30. The van der Waals surface area contributed by atoms with Crippen LogP contribution < -0.4 is 11.4 Å². The largest absolute Gasteiger partial charge is 0.480 e. The summed E-state index contributed by atoms with van der Waals surface area (Å²) in [6, 6.07) is 5.64. The smallest absolute Gasteiger partial charge is 0.332 e. The van der Waals surface area contributed by atoms with Gasteiger partial charge in [-0.05, 0) is 31.5 Å². The molecule has 1 heterocycles. The van der Waals surface area contributed by atoms with E-state index in [2.05, 4.69) is 0 Å². The highest BCUT2D eigenvalue weighted by Crippen LogP contribution is 2.14. The molecule has 0 bridgehead atoms. The summed E-state index contributed by atoms with van der Waals surface area (Å²) in [4.78, 5) is 22.9. The minimum Gasteiger partial charge on any atom is -0.480 e. The first-order chi connectivity index (χ1) is 9.41. The highest BCUT2D eigenvalue weighted by molar-refractivity contribution is 5.75. The number of nitrogens with two attached hydrogens (primary N) is 1. The molecule has 0 saturated carbocycles. The van der Waals surface area contributed by atoms with Gasteiger partial charge in [0, 0.05) is 18.4 Å². The molecule has 0 amide bonds. The molecule has 1 aromatic heterocycles. The molecule has 0 spiro atoms. The number of nitrogens with zero attached hydrogens (tertiary/aromatic N) is 2. The highest BCUT2D eigenvalue weighted by atomic mass is 16.4. The maximum Gasteiger partial charge on any atom is 0.332 e. The van der Waals surface area contributed by atoms with Crippen molar-refractivity contribution >= 4 is 5.97 Å². The van der Waals surface area contributed by atoms with Gasteiger partial charge in [0.2, 0.25) is 0 Å². The standard InChI is InChI=1S/C14H17N3O3/c1-9(2)16-7-8-17(14(16)20)11-5-3-10(4-6-11)12(15)13(18)19/h3-9,12H,15H2,1-2H3,(H,18,19). The van der Waals surface area contributed by atoms with E-state index >= 15 is 0 Å². The molecular formula is C14H17N3O3. The second kappa shape index (κ2) is 5.34. The number of benzene rings is 1. The zero-order chi connectivity index (χ0) is 14.9. The first kappa shape index (κ1) is 14.1. The quantitative estimate of drug-likeness (QED) is 0.880. The van der Waals surface area contributed by atoms with E-state index in [1.165, 1.54) is 4.57 Å². The molecule has 2 rings (SSSR count). The lowest BCUT2D eigenvalue weighted by Crippen LogP contribution is -2.24. The average molecular weight is 275 g/mol. The lowest BCUT2D eigenvalue weighted by Gasteiger charge is -2.08. The second-order valence-electron chi connectivity index (χ2n) is 4.86. The Labute approximate surface area is 116 Å². The summed E-state index contributed by atoms with van der Waals surface area (Å²) in [6.07, 6.45) is 3.42. The van der Waals surface area contributed by atoms with Crippen molar-refractivity contribution in [2.75, 3.05) is 0 Å². The molecule has 0 saturated heterocycles. The Morgan fingerprint density at radius 1 is 1.20 bits per heavy atom. The van der Waals surface area contributed by atoms with Crippen LogP contribution in [0.2, 0.25) is 0 Å². The number of carbonyl (C=O) groups is 1. The van der Waals surface area contributed by atoms with Gasteiger partial charge in [0.25, 0.3) is 0 Å². The predicted octanol–water partition coefficient (Wildman–Crippen LogP) is 1.30. The minimum atomic E-state index is -1.08. The van der Waals surface area contributed by atoms with Crippen LogP contribution in [0.5, 0.6) is 0 Å². The lowest BCUT2D eigenvalue weighted by molar-refractivity contribution is -0.138. The molecule has 3 N–H and O–H groups in total. The van der Waals surface area contributed by atoms with Crippen LogP contribution in [0.15, 0.2) is 41.5 Å². The van der Waals surface area contributed by atoms with Gasteiger partial charge in [-0.15, -0.1) is 0 Å². The minimum absolute atomic E-state index is 0.0865. The SMILES string of the molecule is CC(C)n1ccn(-c2ccc(C(N)C(=O)O)cc2)c1=O. The maximum absolute atomic E-state index is 12.1. The van der Waals surface area contributed by atoms with Crippen molar-refractivity contribution in [1.82, 2.24) is 9.13 Å². The Morgan fingerprint density at radius 2 is 1.80 bits per heavy atom. The van der Waals surface area contributed by atoms with Gasteiger partial charge in [-0.1, -0.05) is 12.1 Å². The molecule has 0 radical (unpaired) electrons. The maximum atomic E-state index is 12.1. The molecule has 6 nitrogen and oxygen atoms in total. The van der Waals surface area contributed by atoms with E-state index in [1.807, 2.05) is 13.8 Å². The summed E-state index contributed by atoms with van der Waals surface area (Å²) in [7, 11) is 0. The number of hydrogen-bond acceptors (Lipinski definition) is 3. The van der Waals surface area contributed by atoms with Crippen LogP contribution in [0.3, 0.4) is 0 Å². The summed E-state index contributed by atoms with van der Waals surface area (Å²) < 4.78 is 3.13. The molecule has 1 atom stereocenters. The van der Waals surface area contributed by atoms with Crippen LogP contribution >= 0.6 is 0 Å². The normalized spacial score (nSPS) is 12.6. The van der Waals surface area contributed by atoms with Crippen molar-refractivity contribution in [1.29, 1.82) is 0 Å². The Bertz CT molecular complexity index is 668. The van der Waals surface area contributed by atoms with Gasteiger partial charge in [0.05, 0.1) is 5.69 Å². The van der Waals surface area contributed by atoms with Crippen LogP contribution in [-0.2, 0) is 4.79 Å². The fourth-order valence-corrected chi connectivity index (χ4v) is 1.96. The fourth-order valence-electron chi connectivity index (χ4n) is 1.96. The van der Waals surface area contributed by atoms with Crippen molar-refractivity contribution < 1.29 is 9.90 Å². The van der Waals surface area contributed by atoms with Crippen molar-refractivity contribution in [2.24, 2.45) is 5.73 Å². The van der Waals surface area contributed by atoms with E-state index in [9.17, 15) is 9.59 Å². The predicted molar refractivity (Wildman–Crippen MR) is 75.0 cm³/mol. The Hall–Kier alpha value is -2.34. The van der Waals surface area contributed by atoms with E-state index in [4.69, 9.17) is 10.8 Å². The number of rotatable bonds is 4. The van der Waals surface area contributed by atoms with Crippen LogP contribution in [0.4, 0.5) is 0 Å². The Morgan fingerprint density at radius 3 is 2.25 bits per heavy atom. The summed E-state index contributed by atoms with van der Waals surface area (Å²) in [5.41, 5.74) is 6.57. The van der Waals surface area contributed by atoms with E-state index < -0.39 is 12.0 Å². The van der Waals surface area contributed by atoms with Crippen molar-refractivity contribution in [3.05, 3.63) is 52.7 Å². The highest BCUT2D eigenvalue weighted by Gasteiger charge is 2.14. The van der Waals surface area contributed by atoms with Crippen LogP contribution in [0, 0.1) is 0 Å². The lowest BCUT2D eigenvalue weighted by atomic mass is 10.1. The van der Waals surface area contributed by atoms with Gasteiger partial charge in [0.15, 0.2) is 0 Å². The van der Waals surface area contributed by atoms with Gasteiger partial charge in [-0.25, -0.2) is 4.79 Å². The topological polar surface area (TPSA) is 90.2 Å². The fraction of sp³-hybridized carbons (Fsp3) is 0.286. The zero-order valence-electron chi connectivity index (χ0n) is 11.4. The third-order valence-corrected chi connectivity index (χ3v) is 3.16. The number of imidazole rings is 1. The molecule has 0 fully saturated rings. The Kier molecular flexibility index (Phi) is 3.76. The van der Waals surface area contributed by atoms with Gasteiger partial charge in [-0.2, -0.15) is 0 Å². The first-order valence-corrected chi connectivity index (χ1v) is 6.30. The second-order valence-corrected chi connectivity index (χ2v) is 4.86. The Balaban J connectivity index is 2.36. The molecule has 1 unspecified atom stereocenters. The van der Waals surface area contributed by atoms with Gasteiger partial charge < -0.3 is 10.8 Å².